The van der Waals surface area contributed by atoms with Crippen molar-refractivity contribution < 1.29 is 32.6 Å². The second-order valence-electron chi connectivity index (χ2n) is 6.97. The highest BCUT2D eigenvalue weighted by atomic mass is 19.4. The van der Waals surface area contributed by atoms with Crippen molar-refractivity contribution in [2.75, 3.05) is 7.11 Å². The molecule has 1 saturated carbocycles. The Hall–Kier alpha value is -3.03. The third-order valence-electron chi connectivity index (χ3n) is 4.74. The number of halogens is 3. The van der Waals surface area contributed by atoms with E-state index in [4.69, 9.17) is 9.84 Å². The van der Waals surface area contributed by atoms with E-state index in [0.29, 0.717) is 22.4 Å². The molecular weight excluding hydrogens is 387 g/mol. The van der Waals surface area contributed by atoms with E-state index >= 15 is 0 Å². The zero-order valence-corrected chi connectivity index (χ0v) is 15.7. The number of nitrogens with one attached hydrogen (secondary N) is 1. The molecule has 0 aromatic heterocycles. The Morgan fingerprint density at radius 3 is 2.45 bits per heavy atom. The van der Waals surface area contributed by atoms with E-state index < -0.39 is 17.7 Å². The molecule has 5 nitrogen and oxygen atoms in total. The number of carboxylic acid groups (broad SMARTS) is 1. The standard InChI is InChI=1S/C21H20F3NO4/c1-29-18-7-2-12(9-19(26)27)8-17(18)16-6-5-15(21(22,23)24)10-14(16)11-25-20(28)13-3-4-13/h2,5-8,10,13H,3-4,9,11H2,1H3,(H,25,28)(H,26,27). The van der Waals surface area contributed by atoms with Crippen molar-refractivity contribution in [1.82, 2.24) is 5.32 Å². The summed E-state index contributed by atoms with van der Waals surface area (Å²) in [6.45, 7) is -0.0686. The molecule has 0 aliphatic heterocycles. The number of carbonyl (C=O) groups is 2. The van der Waals surface area contributed by atoms with Gasteiger partial charge in [0.2, 0.25) is 5.91 Å². The Balaban J connectivity index is 2.04. The van der Waals surface area contributed by atoms with Gasteiger partial charge in [-0.1, -0.05) is 12.1 Å². The predicted molar refractivity (Wildman–Crippen MR) is 99.3 cm³/mol. The van der Waals surface area contributed by atoms with Crippen LogP contribution < -0.4 is 10.1 Å². The van der Waals surface area contributed by atoms with Gasteiger partial charge in [0.1, 0.15) is 5.75 Å². The average Bonchev–Trinajstić information content (AvgIpc) is 3.50. The van der Waals surface area contributed by atoms with E-state index in [1.165, 1.54) is 13.2 Å². The molecule has 0 unspecified atom stereocenters. The molecule has 3 rings (SSSR count). The SMILES string of the molecule is COc1ccc(CC(=O)O)cc1-c1ccc(C(F)(F)F)cc1CNC(=O)C1CC1. The summed E-state index contributed by atoms with van der Waals surface area (Å²) in [5.41, 5.74) is 0.854. The first kappa shape index (κ1) is 20.7. The van der Waals surface area contributed by atoms with Gasteiger partial charge in [-0.2, -0.15) is 13.2 Å². The number of amides is 1. The molecule has 1 aliphatic rings. The van der Waals surface area contributed by atoms with Gasteiger partial charge in [-0.25, -0.2) is 0 Å². The highest BCUT2D eigenvalue weighted by Gasteiger charge is 2.32. The molecule has 0 atom stereocenters. The third-order valence-corrected chi connectivity index (χ3v) is 4.74. The normalized spacial score (nSPS) is 13.8. The maximum absolute atomic E-state index is 13.2. The zero-order valence-electron chi connectivity index (χ0n) is 15.7. The van der Waals surface area contributed by atoms with Crippen LogP contribution in [-0.2, 0) is 28.7 Å². The first-order valence-corrected chi connectivity index (χ1v) is 9.06. The monoisotopic (exact) mass is 407 g/mol. The maximum Gasteiger partial charge on any atom is 0.416 e. The van der Waals surface area contributed by atoms with E-state index in [9.17, 15) is 22.8 Å². The summed E-state index contributed by atoms with van der Waals surface area (Å²) in [6.07, 6.45) is -3.19. The number of carboxylic acids is 1. The number of methoxy groups -OCH3 is 1. The second kappa shape index (κ2) is 8.14. The van der Waals surface area contributed by atoms with E-state index in [-0.39, 0.29) is 30.4 Å². The van der Waals surface area contributed by atoms with Crippen LogP contribution in [0.3, 0.4) is 0 Å². The van der Waals surface area contributed by atoms with Gasteiger partial charge >= 0.3 is 12.1 Å². The Kier molecular flexibility index (Phi) is 5.81. The Morgan fingerprint density at radius 2 is 1.86 bits per heavy atom. The lowest BCUT2D eigenvalue weighted by Gasteiger charge is -2.17. The lowest BCUT2D eigenvalue weighted by molar-refractivity contribution is -0.138. The molecule has 0 bridgehead atoms. The number of rotatable bonds is 7. The molecule has 2 aromatic carbocycles. The maximum atomic E-state index is 13.2. The van der Waals surface area contributed by atoms with Gasteiger partial charge in [0.25, 0.3) is 0 Å². The van der Waals surface area contributed by atoms with Gasteiger partial charge < -0.3 is 15.2 Å². The molecule has 1 fully saturated rings. The number of benzene rings is 2. The van der Waals surface area contributed by atoms with E-state index in [2.05, 4.69) is 5.32 Å². The fourth-order valence-electron chi connectivity index (χ4n) is 3.10. The second-order valence-corrected chi connectivity index (χ2v) is 6.97. The molecule has 1 aliphatic carbocycles. The van der Waals surface area contributed by atoms with Crippen molar-refractivity contribution >= 4 is 11.9 Å². The van der Waals surface area contributed by atoms with E-state index in [1.54, 1.807) is 18.2 Å². The number of alkyl halides is 3. The number of aliphatic carboxylic acids is 1. The first-order chi connectivity index (χ1) is 13.7. The molecule has 0 radical (unpaired) electrons. The summed E-state index contributed by atoms with van der Waals surface area (Å²) < 4.78 is 45.0. The molecule has 29 heavy (non-hydrogen) atoms. The summed E-state index contributed by atoms with van der Waals surface area (Å²) >= 11 is 0. The number of hydrogen-bond donors (Lipinski definition) is 2. The number of hydrogen-bond acceptors (Lipinski definition) is 3. The van der Waals surface area contributed by atoms with Crippen LogP contribution in [0.15, 0.2) is 36.4 Å². The van der Waals surface area contributed by atoms with Crippen molar-refractivity contribution in [1.29, 1.82) is 0 Å². The smallest absolute Gasteiger partial charge is 0.416 e. The quantitative estimate of drug-likeness (QED) is 0.727. The zero-order chi connectivity index (χ0) is 21.2. The van der Waals surface area contributed by atoms with Crippen LogP contribution in [0.4, 0.5) is 13.2 Å². The highest BCUT2D eigenvalue weighted by molar-refractivity contribution is 5.82. The summed E-state index contributed by atoms with van der Waals surface area (Å²) in [5, 5.41) is 11.7. The molecule has 0 saturated heterocycles. The van der Waals surface area contributed by atoms with Gasteiger partial charge in [-0.05, 0) is 53.8 Å². The Morgan fingerprint density at radius 1 is 1.14 bits per heavy atom. The van der Waals surface area contributed by atoms with Gasteiger partial charge in [-0.15, -0.1) is 0 Å². The molecule has 0 spiro atoms. The van der Waals surface area contributed by atoms with Crippen molar-refractivity contribution in [3.8, 4) is 16.9 Å². The van der Waals surface area contributed by atoms with Crippen LogP contribution in [0, 0.1) is 5.92 Å². The van der Waals surface area contributed by atoms with E-state index in [0.717, 1.165) is 25.0 Å². The number of ether oxygens (including phenoxy) is 1. The topological polar surface area (TPSA) is 75.6 Å². The molecule has 8 heteroatoms. The van der Waals surface area contributed by atoms with E-state index in [1.807, 2.05) is 0 Å². The van der Waals surface area contributed by atoms with Crippen molar-refractivity contribution in [3.63, 3.8) is 0 Å². The Labute approximate surface area is 165 Å². The molecular formula is C21H20F3NO4. The highest BCUT2D eigenvalue weighted by Crippen LogP contribution is 2.37. The van der Waals surface area contributed by atoms with Crippen LogP contribution in [0.5, 0.6) is 5.75 Å². The van der Waals surface area contributed by atoms with Crippen LogP contribution in [0.2, 0.25) is 0 Å². The fraction of sp³-hybridized carbons (Fsp3) is 0.333. The van der Waals surface area contributed by atoms with Crippen LogP contribution in [0.25, 0.3) is 11.1 Å². The molecule has 1 amide bonds. The molecule has 0 heterocycles. The summed E-state index contributed by atoms with van der Waals surface area (Å²) in [4.78, 5) is 23.0. The van der Waals surface area contributed by atoms with Crippen LogP contribution in [0.1, 0.15) is 29.5 Å². The Bertz CT molecular complexity index is 936. The molecule has 2 aromatic rings. The van der Waals surface area contributed by atoms with Crippen molar-refractivity contribution in [2.45, 2.75) is 32.0 Å². The van der Waals surface area contributed by atoms with Crippen molar-refractivity contribution in [2.24, 2.45) is 5.92 Å². The average molecular weight is 407 g/mol. The summed E-state index contributed by atoms with van der Waals surface area (Å²) in [7, 11) is 1.42. The molecule has 2 N–H and O–H groups in total. The molecule has 154 valence electrons. The van der Waals surface area contributed by atoms with Crippen molar-refractivity contribution in [3.05, 3.63) is 53.1 Å². The minimum absolute atomic E-state index is 0.0686. The summed E-state index contributed by atoms with van der Waals surface area (Å²) in [6, 6.07) is 8.05. The lowest BCUT2D eigenvalue weighted by Crippen LogP contribution is -2.24. The van der Waals surface area contributed by atoms with Gasteiger partial charge in [0, 0.05) is 18.0 Å². The number of carbonyl (C=O) groups excluding carboxylic acids is 1. The van der Waals surface area contributed by atoms with Gasteiger partial charge in [0.15, 0.2) is 0 Å². The van der Waals surface area contributed by atoms with Gasteiger partial charge in [-0.3, -0.25) is 9.59 Å². The minimum atomic E-state index is -4.52. The van der Waals surface area contributed by atoms with Crippen LogP contribution >= 0.6 is 0 Å². The fourth-order valence-corrected chi connectivity index (χ4v) is 3.10. The van der Waals surface area contributed by atoms with Crippen LogP contribution in [-0.4, -0.2) is 24.1 Å². The predicted octanol–water partition coefficient (Wildman–Crippen LogP) is 4.03. The summed E-state index contributed by atoms with van der Waals surface area (Å²) in [5.74, 6) is -0.878. The first-order valence-electron chi connectivity index (χ1n) is 9.06. The lowest BCUT2D eigenvalue weighted by atomic mass is 9.94. The minimum Gasteiger partial charge on any atom is -0.496 e. The van der Waals surface area contributed by atoms with Gasteiger partial charge in [0.05, 0.1) is 19.1 Å². The largest absolute Gasteiger partial charge is 0.496 e. The third kappa shape index (κ3) is 5.07.